The third kappa shape index (κ3) is 2.99. The van der Waals surface area contributed by atoms with E-state index in [1.165, 1.54) is 11.8 Å². The zero-order valence-corrected chi connectivity index (χ0v) is 16.0. The van der Waals surface area contributed by atoms with Crippen LogP contribution in [0.1, 0.15) is 11.9 Å². The number of hydrazone groups is 1. The van der Waals surface area contributed by atoms with Gasteiger partial charge in [0.2, 0.25) is 6.17 Å². The van der Waals surface area contributed by atoms with Gasteiger partial charge in [0.25, 0.3) is 5.91 Å². The van der Waals surface area contributed by atoms with Gasteiger partial charge in [-0.3, -0.25) is 10.1 Å². The number of para-hydroxylation sites is 1. The van der Waals surface area contributed by atoms with E-state index in [-0.39, 0.29) is 5.91 Å². The molecule has 0 saturated carbocycles. The summed E-state index contributed by atoms with van der Waals surface area (Å²) in [5.74, 6) is 1.09. The first-order valence-electron chi connectivity index (χ1n) is 7.52. The molecule has 2 aliphatic heterocycles. The normalized spacial score (nSPS) is 18.7. The highest BCUT2D eigenvalue weighted by atomic mass is 127. The van der Waals surface area contributed by atoms with Crippen molar-refractivity contribution in [2.45, 2.75) is 6.17 Å². The van der Waals surface area contributed by atoms with Crippen molar-refractivity contribution >= 4 is 51.1 Å². The van der Waals surface area contributed by atoms with Crippen LogP contribution in [0.5, 0.6) is 0 Å². The zero-order chi connectivity index (χ0) is 17.4. The Morgan fingerprint density at radius 1 is 1.36 bits per heavy atom. The lowest BCUT2D eigenvalue weighted by atomic mass is 10.1. The molecule has 1 aromatic heterocycles. The van der Waals surface area contributed by atoms with E-state index in [0.717, 1.165) is 14.3 Å². The molecule has 0 radical (unpaired) electrons. The van der Waals surface area contributed by atoms with Crippen molar-refractivity contribution in [2.75, 3.05) is 5.75 Å². The summed E-state index contributed by atoms with van der Waals surface area (Å²) in [5.41, 5.74) is 0.477. The van der Waals surface area contributed by atoms with Crippen LogP contribution >= 0.6 is 34.4 Å². The van der Waals surface area contributed by atoms with Crippen molar-refractivity contribution in [3.63, 3.8) is 0 Å². The van der Waals surface area contributed by atoms with Crippen LogP contribution in [0.4, 0.5) is 0 Å². The van der Waals surface area contributed by atoms with E-state index in [1.54, 1.807) is 11.1 Å². The number of hydrogen-bond acceptors (Lipinski definition) is 6. The van der Waals surface area contributed by atoms with Crippen LogP contribution in [-0.2, 0) is 4.79 Å². The molecule has 1 atom stereocenters. The maximum absolute atomic E-state index is 12.8. The largest absolute Gasteiger partial charge is 0.451 e. The number of hydrogen-bond donors (Lipinski definition) is 1. The summed E-state index contributed by atoms with van der Waals surface area (Å²) in [6.07, 6.45) is 1.25. The van der Waals surface area contributed by atoms with Gasteiger partial charge in [0.05, 0.1) is 5.36 Å². The third-order valence-electron chi connectivity index (χ3n) is 3.70. The summed E-state index contributed by atoms with van der Waals surface area (Å²) in [6, 6.07) is 11.3. The number of amidine groups is 1. The molecular formula is C17H13IN4O2S. The van der Waals surface area contributed by atoms with Gasteiger partial charge in [-0.2, -0.15) is 0 Å². The molecule has 3 heterocycles. The molecule has 2 aromatic rings. The molecular weight excluding hydrogens is 451 g/mol. The van der Waals surface area contributed by atoms with E-state index in [9.17, 15) is 4.79 Å². The summed E-state index contributed by atoms with van der Waals surface area (Å²) in [7, 11) is 0. The first kappa shape index (κ1) is 16.4. The van der Waals surface area contributed by atoms with E-state index in [2.05, 4.69) is 39.6 Å². The van der Waals surface area contributed by atoms with Gasteiger partial charge in [-0.25, -0.2) is 10.0 Å². The van der Waals surface area contributed by atoms with Crippen LogP contribution in [-0.4, -0.2) is 21.8 Å². The van der Waals surface area contributed by atoms with Crippen LogP contribution < -0.4 is 15.9 Å². The number of rotatable bonds is 3. The lowest BCUT2D eigenvalue weighted by Gasteiger charge is -2.32. The van der Waals surface area contributed by atoms with Crippen molar-refractivity contribution in [2.24, 2.45) is 10.1 Å². The second-order valence-electron chi connectivity index (χ2n) is 5.31. The number of nitrogens with one attached hydrogen (secondary N) is 1. The SMILES string of the molecule is C=CCSC1=NN2C(=c3ccccc3=NC2c2ccc(I)o2)C(=O)N1. The lowest BCUT2D eigenvalue weighted by Crippen LogP contribution is -2.50. The smallest absolute Gasteiger partial charge is 0.276 e. The minimum absolute atomic E-state index is 0.199. The first-order valence-corrected chi connectivity index (χ1v) is 9.59. The number of amides is 1. The van der Waals surface area contributed by atoms with Crippen LogP contribution in [0.3, 0.4) is 0 Å². The Labute approximate surface area is 161 Å². The molecule has 0 spiro atoms. The predicted octanol–water partition coefficient (Wildman–Crippen LogP) is 1.95. The number of furan rings is 1. The molecule has 8 heteroatoms. The molecule has 0 aliphatic carbocycles. The van der Waals surface area contributed by atoms with Crippen molar-refractivity contribution < 1.29 is 9.21 Å². The quantitative estimate of drug-likeness (QED) is 0.557. The van der Waals surface area contributed by atoms with Crippen LogP contribution in [0, 0.1) is 3.77 Å². The van der Waals surface area contributed by atoms with E-state index in [4.69, 9.17) is 9.41 Å². The second kappa shape index (κ2) is 6.68. The van der Waals surface area contributed by atoms with Gasteiger partial charge in [-0.1, -0.05) is 36.0 Å². The standard InChI is InChI=1S/C17H13IN4O2S/c1-2-9-25-17-20-16(23)14-10-5-3-4-6-11(10)19-15(22(14)21-17)12-7-8-13(18)24-12/h2-8,15H,1,9H2,(H,20,21,23). The lowest BCUT2D eigenvalue weighted by molar-refractivity contribution is -0.116. The minimum atomic E-state index is -0.515. The van der Waals surface area contributed by atoms with E-state index < -0.39 is 6.17 Å². The van der Waals surface area contributed by atoms with Gasteiger partial charge in [-0.05, 0) is 40.8 Å². The number of carbonyl (C=O) groups excluding carboxylic acids is 1. The van der Waals surface area contributed by atoms with Gasteiger partial charge in [0, 0.05) is 11.0 Å². The zero-order valence-electron chi connectivity index (χ0n) is 13.0. The Balaban J connectivity index is 1.91. The fraction of sp³-hybridized carbons (Fsp3) is 0.118. The molecule has 1 amide bonds. The molecule has 25 heavy (non-hydrogen) atoms. The van der Waals surface area contributed by atoms with Crippen LogP contribution in [0.25, 0.3) is 5.70 Å². The maximum atomic E-state index is 12.8. The van der Waals surface area contributed by atoms with Gasteiger partial charge in [0.15, 0.2) is 14.7 Å². The summed E-state index contributed by atoms with van der Waals surface area (Å²) in [5, 5.41) is 11.1. The maximum Gasteiger partial charge on any atom is 0.276 e. The Hall–Kier alpha value is -2.07. The molecule has 2 aliphatic rings. The van der Waals surface area contributed by atoms with Crippen LogP contribution in [0.2, 0.25) is 0 Å². The third-order valence-corrected chi connectivity index (χ3v) is 5.14. The molecule has 6 nitrogen and oxygen atoms in total. The average Bonchev–Trinajstić information content (AvgIpc) is 3.05. The predicted molar refractivity (Wildman–Crippen MR) is 105 cm³/mol. The molecule has 4 rings (SSSR count). The molecule has 0 bridgehead atoms. The highest BCUT2D eigenvalue weighted by Gasteiger charge is 2.35. The minimum Gasteiger partial charge on any atom is -0.451 e. The first-order chi connectivity index (χ1) is 12.2. The second-order valence-corrected chi connectivity index (χ2v) is 7.39. The number of carbonyl (C=O) groups is 1. The summed E-state index contributed by atoms with van der Waals surface area (Å²) in [6.45, 7) is 3.70. The highest BCUT2D eigenvalue weighted by molar-refractivity contribution is 14.1. The highest BCUT2D eigenvalue weighted by Crippen LogP contribution is 2.31. The van der Waals surface area contributed by atoms with Crippen molar-refractivity contribution in [1.82, 2.24) is 10.3 Å². The van der Waals surface area contributed by atoms with Crippen molar-refractivity contribution in [1.29, 1.82) is 0 Å². The van der Waals surface area contributed by atoms with Crippen molar-refractivity contribution in [3.05, 3.63) is 69.2 Å². The van der Waals surface area contributed by atoms with E-state index in [0.29, 0.717) is 22.4 Å². The molecule has 1 aromatic carbocycles. The number of thioether (sulfide) groups is 1. The fourth-order valence-electron chi connectivity index (χ4n) is 2.68. The Morgan fingerprint density at radius 2 is 2.20 bits per heavy atom. The molecule has 0 saturated heterocycles. The number of halogens is 1. The van der Waals surface area contributed by atoms with Gasteiger partial charge in [0.1, 0.15) is 5.70 Å². The topological polar surface area (TPSA) is 70.2 Å². The Bertz CT molecular complexity index is 1010. The summed E-state index contributed by atoms with van der Waals surface area (Å²) in [4.78, 5) is 17.5. The van der Waals surface area contributed by atoms with E-state index >= 15 is 0 Å². The van der Waals surface area contributed by atoms with E-state index in [1.807, 2.05) is 36.4 Å². The number of benzene rings is 1. The number of fused-ring (bicyclic) bond motifs is 2. The Kier molecular flexibility index (Phi) is 4.38. The average molecular weight is 464 g/mol. The monoisotopic (exact) mass is 464 g/mol. The molecule has 126 valence electrons. The summed E-state index contributed by atoms with van der Waals surface area (Å²) >= 11 is 3.52. The van der Waals surface area contributed by atoms with Crippen molar-refractivity contribution in [3.8, 4) is 0 Å². The number of nitrogens with zero attached hydrogens (tertiary/aromatic N) is 3. The molecule has 1 N–H and O–H groups in total. The summed E-state index contributed by atoms with van der Waals surface area (Å²) < 4.78 is 6.51. The fourth-order valence-corrected chi connectivity index (χ4v) is 3.70. The molecule has 0 fully saturated rings. The van der Waals surface area contributed by atoms with Crippen LogP contribution in [0.15, 0.2) is 63.6 Å². The Morgan fingerprint density at radius 3 is 2.96 bits per heavy atom. The van der Waals surface area contributed by atoms with Gasteiger partial charge >= 0.3 is 0 Å². The molecule has 1 unspecified atom stereocenters. The van der Waals surface area contributed by atoms with Gasteiger partial charge in [-0.15, -0.1) is 11.7 Å². The van der Waals surface area contributed by atoms with Gasteiger partial charge < -0.3 is 4.42 Å².